The average molecular weight is 248 g/mol. The highest BCUT2D eigenvalue weighted by atomic mass is 15.2. The van der Waals surface area contributed by atoms with Gasteiger partial charge in [-0.3, -0.25) is 0 Å². The molecule has 1 fully saturated rings. The topological polar surface area (TPSA) is 40.2 Å². The summed E-state index contributed by atoms with van der Waals surface area (Å²) in [6, 6.07) is 6.09. The molecule has 0 aliphatic carbocycles. The first kappa shape index (κ1) is 13.1. The monoisotopic (exact) mass is 248 g/mol. The third kappa shape index (κ3) is 4.18. The lowest BCUT2D eigenvalue weighted by Gasteiger charge is -2.15. The van der Waals surface area contributed by atoms with E-state index < -0.39 is 0 Å². The van der Waals surface area contributed by atoms with Crippen molar-refractivity contribution in [2.75, 3.05) is 43.4 Å². The van der Waals surface area contributed by atoms with Gasteiger partial charge in [0.05, 0.1) is 0 Å². The molecular formula is C14H24N4. The normalized spacial score (nSPS) is 15.8. The Morgan fingerprint density at radius 1 is 1.11 bits per heavy atom. The van der Waals surface area contributed by atoms with Crippen molar-refractivity contribution >= 4 is 11.6 Å². The van der Waals surface area contributed by atoms with Gasteiger partial charge in [0.25, 0.3) is 0 Å². The predicted octanol–water partition coefficient (Wildman–Crippen LogP) is 2.41. The van der Waals surface area contributed by atoms with E-state index in [1.165, 1.54) is 25.9 Å². The molecule has 18 heavy (non-hydrogen) atoms. The van der Waals surface area contributed by atoms with Gasteiger partial charge in [0, 0.05) is 19.6 Å². The summed E-state index contributed by atoms with van der Waals surface area (Å²) in [6.07, 6.45) is 3.83. The number of nitrogens with zero attached hydrogens (tertiary/aromatic N) is 2. The molecule has 0 spiro atoms. The Morgan fingerprint density at radius 3 is 2.44 bits per heavy atom. The van der Waals surface area contributed by atoms with Crippen LogP contribution in [-0.4, -0.2) is 42.6 Å². The highest BCUT2D eigenvalue weighted by Crippen LogP contribution is 2.10. The summed E-state index contributed by atoms with van der Waals surface area (Å²) in [6.45, 7) is 7.74. The third-order valence-electron chi connectivity index (χ3n) is 3.24. The van der Waals surface area contributed by atoms with Crippen LogP contribution in [-0.2, 0) is 0 Å². The molecular weight excluding hydrogens is 224 g/mol. The molecule has 0 aromatic carbocycles. The number of nitrogens with one attached hydrogen (secondary N) is 2. The van der Waals surface area contributed by atoms with Gasteiger partial charge >= 0.3 is 0 Å². The number of likely N-dealkylation sites (tertiary alicyclic amines) is 1. The summed E-state index contributed by atoms with van der Waals surface area (Å²) < 4.78 is 0. The first-order valence-corrected chi connectivity index (χ1v) is 7.05. The first-order valence-electron chi connectivity index (χ1n) is 7.05. The van der Waals surface area contributed by atoms with Crippen molar-refractivity contribution in [3.05, 3.63) is 18.2 Å². The number of hydrogen-bond acceptors (Lipinski definition) is 4. The van der Waals surface area contributed by atoms with Crippen LogP contribution in [0.5, 0.6) is 0 Å². The maximum atomic E-state index is 4.53. The SMILES string of the molecule is CCCNc1cccc(NCCN2CCCC2)n1. The van der Waals surface area contributed by atoms with E-state index in [0.717, 1.165) is 37.7 Å². The molecule has 2 rings (SSSR count). The van der Waals surface area contributed by atoms with E-state index in [1.807, 2.05) is 18.2 Å². The van der Waals surface area contributed by atoms with Crippen molar-refractivity contribution in [1.82, 2.24) is 9.88 Å². The second-order valence-corrected chi connectivity index (χ2v) is 4.81. The molecule has 2 heterocycles. The van der Waals surface area contributed by atoms with Crippen LogP contribution in [0.4, 0.5) is 11.6 Å². The lowest BCUT2D eigenvalue weighted by molar-refractivity contribution is 0.352. The quantitative estimate of drug-likeness (QED) is 0.777. The molecule has 1 aliphatic heterocycles. The van der Waals surface area contributed by atoms with Gasteiger partial charge in [-0.2, -0.15) is 0 Å². The molecule has 0 atom stereocenters. The average Bonchev–Trinajstić information content (AvgIpc) is 2.90. The zero-order valence-electron chi connectivity index (χ0n) is 11.3. The smallest absolute Gasteiger partial charge is 0.128 e. The summed E-state index contributed by atoms with van der Waals surface area (Å²) in [5, 5.41) is 6.70. The van der Waals surface area contributed by atoms with E-state index >= 15 is 0 Å². The predicted molar refractivity (Wildman–Crippen MR) is 77.2 cm³/mol. The maximum absolute atomic E-state index is 4.53. The Labute approximate surface area is 110 Å². The Balaban J connectivity index is 1.74. The molecule has 1 saturated heterocycles. The van der Waals surface area contributed by atoms with Gasteiger partial charge in [0.2, 0.25) is 0 Å². The molecule has 2 N–H and O–H groups in total. The van der Waals surface area contributed by atoms with Crippen LogP contribution in [0, 0.1) is 0 Å². The van der Waals surface area contributed by atoms with Crippen molar-refractivity contribution in [2.45, 2.75) is 26.2 Å². The standard InChI is InChI=1S/C14H24N4/c1-2-8-15-13-6-5-7-14(17-13)16-9-12-18-10-3-4-11-18/h5-7H,2-4,8-12H2,1H3,(H2,15,16,17). The summed E-state index contributed by atoms with van der Waals surface area (Å²) in [4.78, 5) is 7.04. The second kappa shape index (κ2) is 7.21. The van der Waals surface area contributed by atoms with E-state index in [1.54, 1.807) is 0 Å². The van der Waals surface area contributed by atoms with Gasteiger partial charge in [0.15, 0.2) is 0 Å². The highest BCUT2D eigenvalue weighted by Gasteiger charge is 2.10. The first-order chi connectivity index (χ1) is 8.88. The van der Waals surface area contributed by atoms with Gasteiger partial charge in [-0.1, -0.05) is 13.0 Å². The Bertz CT molecular complexity index is 347. The van der Waals surface area contributed by atoms with Crippen molar-refractivity contribution in [3.63, 3.8) is 0 Å². The molecule has 4 nitrogen and oxygen atoms in total. The van der Waals surface area contributed by atoms with Crippen LogP contribution >= 0.6 is 0 Å². The lowest BCUT2D eigenvalue weighted by atomic mass is 10.4. The number of hydrogen-bond donors (Lipinski definition) is 2. The fourth-order valence-electron chi connectivity index (χ4n) is 2.23. The number of aromatic nitrogens is 1. The van der Waals surface area contributed by atoms with Crippen LogP contribution in [0.25, 0.3) is 0 Å². The van der Waals surface area contributed by atoms with Crippen LogP contribution in [0.2, 0.25) is 0 Å². The summed E-state index contributed by atoms with van der Waals surface area (Å²) in [5.41, 5.74) is 0. The Hall–Kier alpha value is -1.29. The van der Waals surface area contributed by atoms with Crippen molar-refractivity contribution in [1.29, 1.82) is 0 Å². The Morgan fingerprint density at radius 2 is 1.78 bits per heavy atom. The summed E-state index contributed by atoms with van der Waals surface area (Å²) in [7, 11) is 0. The number of rotatable bonds is 7. The minimum Gasteiger partial charge on any atom is -0.370 e. The van der Waals surface area contributed by atoms with Crippen molar-refractivity contribution in [3.8, 4) is 0 Å². The molecule has 100 valence electrons. The minimum atomic E-state index is 0.961. The van der Waals surface area contributed by atoms with Crippen molar-refractivity contribution in [2.24, 2.45) is 0 Å². The van der Waals surface area contributed by atoms with E-state index in [9.17, 15) is 0 Å². The third-order valence-corrected chi connectivity index (χ3v) is 3.24. The summed E-state index contributed by atoms with van der Waals surface area (Å²) in [5.74, 6) is 1.93. The molecule has 0 radical (unpaired) electrons. The van der Waals surface area contributed by atoms with Crippen molar-refractivity contribution < 1.29 is 0 Å². The van der Waals surface area contributed by atoms with E-state index in [4.69, 9.17) is 0 Å². The summed E-state index contributed by atoms with van der Waals surface area (Å²) >= 11 is 0. The van der Waals surface area contributed by atoms with Gasteiger partial charge in [-0.25, -0.2) is 4.98 Å². The zero-order valence-corrected chi connectivity index (χ0v) is 11.3. The minimum absolute atomic E-state index is 0.961. The van der Waals surface area contributed by atoms with E-state index in [0.29, 0.717) is 0 Å². The van der Waals surface area contributed by atoms with Gasteiger partial charge in [-0.15, -0.1) is 0 Å². The molecule has 4 heteroatoms. The molecule has 0 saturated carbocycles. The maximum Gasteiger partial charge on any atom is 0.128 e. The van der Waals surface area contributed by atoms with Gasteiger partial charge in [-0.05, 0) is 44.5 Å². The van der Waals surface area contributed by atoms with Gasteiger partial charge in [0.1, 0.15) is 11.6 Å². The molecule has 1 aromatic heterocycles. The van der Waals surface area contributed by atoms with Crippen LogP contribution < -0.4 is 10.6 Å². The number of pyridine rings is 1. The highest BCUT2D eigenvalue weighted by molar-refractivity contribution is 5.44. The number of anilines is 2. The van der Waals surface area contributed by atoms with Crippen LogP contribution in [0.1, 0.15) is 26.2 Å². The molecule has 0 amide bonds. The molecule has 1 aromatic rings. The largest absolute Gasteiger partial charge is 0.370 e. The van der Waals surface area contributed by atoms with Crippen LogP contribution in [0.3, 0.4) is 0 Å². The zero-order chi connectivity index (χ0) is 12.6. The van der Waals surface area contributed by atoms with Gasteiger partial charge < -0.3 is 15.5 Å². The van der Waals surface area contributed by atoms with E-state index in [-0.39, 0.29) is 0 Å². The molecule has 0 bridgehead atoms. The molecule has 0 unspecified atom stereocenters. The lowest BCUT2D eigenvalue weighted by Crippen LogP contribution is -2.26. The second-order valence-electron chi connectivity index (χ2n) is 4.81. The Kier molecular flexibility index (Phi) is 5.27. The fourth-order valence-corrected chi connectivity index (χ4v) is 2.23. The van der Waals surface area contributed by atoms with E-state index in [2.05, 4.69) is 27.4 Å². The fraction of sp³-hybridized carbons (Fsp3) is 0.643. The molecule has 1 aliphatic rings. The van der Waals surface area contributed by atoms with Crippen LogP contribution in [0.15, 0.2) is 18.2 Å².